The van der Waals surface area contributed by atoms with Crippen molar-refractivity contribution in [3.05, 3.63) is 36.4 Å². The monoisotopic (exact) mass is 347 g/mol. The van der Waals surface area contributed by atoms with Crippen molar-refractivity contribution in [1.82, 2.24) is 18.8 Å². The fourth-order valence-corrected chi connectivity index (χ4v) is 5.07. The van der Waals surface area contributed by atoms with Crippen molar-refractivity contribution in [1.29, 1.82) is 0 Å². The van der Waals surface area contributed by atoms with Crippen LogP contribution in [0, 0.1) is 5.92 Å². The van der Waals surface area contributed by atoms with Gasteiger partial charge in [-0.15, -0.1) is 0 Å². The van der Waals surface area contributed by atoms with Gasteiger partial charge in [-0.2, -0.15) is 4.31 Å². The second-order valence-electron chi connectivity index (χ2n) is 6.49. The zero-order chi connectivity index (χ0) is 16.7. The molecule has 2 aromatic rings. The van der Waals surface area contributed by atoms with E-state index in [-0.39, 0.29) is 11.1 Å². The molecule has 2 aliphatic rings. The van der Waals surface area contributed by atoms with E-state index >= 15 is 0 Å². The molecule has 1 aliphatic carbocycles. The second-order valence-corrected chi connectivity index (χ2v) is 8.33. The first kappa shape index (κ1) is 15.6. The van der Waals surface area contributed by atoms with Crippen LogP contribution in [0.5, 0.6) is 0 Å². The number of anilines is 1. The van der Waals surface area contributed by atoms with Crippen LogP contribution in [-0.4, -0.2) is 39.8 Å². The molecule has 4 rings (SSSR count). The topological polar surface area (TPSA) is 80.1 Å². The molecule has 0 bridgehead atoms. The molecular formula is C16H21N5O2S. The molecule has 0 spiro atoms. The smallest absolute Gasteiger partial charge is 0.260 e. The van der Waals surface area contributed by atoms with Crippen LogP contribution < -0.4 is 5.32 Å². The van der Waals surface area contributed by atoms with Crippen LogP contribution in [0.3, 0.4) is 0 Å². The maximum Gasteiger partial charge on any atom is 0.260 e. The van der Waals surface area contributed by atoms with Crippen molar-refractivity contribution in [2.24, 2.45) is 13.0 Å². The lowest BCUT2D eigenvalue weighted by molar-refractivity contribution is 0.333. The largest absolute Gasteiger partial charge is 0.363 e. The molecule has 8 heteroatoms. The lowest BCUT2D eigenvalue weighted by atomic mass is 10.2. The number of nitrogens with one attached hydrogen (secondary N) is 1. The fourth-order valence-electron chi connectivity index (χ4n) is 3.38. The number of aromatic nitrogens is 3. The summed E-state index contributed by atoms with van der Waals surface area (Å²) < 4.78 is 29.3. The van der Waals surface area contributed by atoms with Gasteiger partial charge in [0.2, 0.25) is 0 Å². The number of hydrogen-bond acceptors (Lipinski definition) is 5. The Morgan fingerprint density at radius 3 is 3.04 bits per heavy atom. The molecule has 0 amide bonds. The SMILES string of the molecule is Cn1ccnc1CNc1cccc(S(=O)(=O)N2CCCC3CC32)n1. The first-order valence-corrected chi connectivity index (χ1v) is 9.69. The number of fused-ring (bicyclic) bond motifs is 1. The molecule has 2 fully saturated rings. The maximum atomic E-state index is 12.9. The van der Waals surface area contributed by atoms with Gasteiger partial charge in [0, 0.05) is 32.0 Å². The van der Waals surface area contributed by atoms with E-state index in [0.717, 1.165) is 25.1 Å². The van der Waals surface area contributed by atoms with Crippen LogP contribution in [0.4, 0.5) is 5.82 Å². The zero-order valence-corrected chi connectivity index (χ0v) is 14.4. The highest BCUT2D eigenvalue weighted by atomic mass is 32.2. The Balaban J connectivity index is 1.52. The number of imidazole rings is 1. The Morgan fingerprint density at radius 2 is 2.25 bits per heavy atom. The minimum Gasteiger partial charge on any atom is -0.363 e. The van der Waals surface area contributed by atoms with Crippen LogP contribution in [0.25, 0.3) is 0 Å². The van der Waals surface area contributed by atoms with E-state index in [4.69, 9.17) is 0 Å². The number of rotatable bonds is 5. The summed E-state index contributed by atoms with van der Waals surface area (Å²) in [5.41, 5.74) is 0. The molecule has 2 unspecified atom stereocenters. The summed E-state index contributed by atoms with van der Waals surface area (Å²) >= 11 is 0. The van der Waals surface area contributed by atoms with E-state index in [1.165, 1.54) is 0 Å². The number of hydrogen-bond donors (Lipinski definition) is 1. The number of piperidine rings is 1. The molecule has 0 aromatic carbocycles. The molecular weight excluding hydrogens is 326 g/mol. The van der Waals surface area contributed by atoms with E-state index < -0.39 is 10.0 Å². The Morgan fingerprint density at radius 1 is 1.38 bits per heavy atom. The van der Waals surface area contributed by atoms with Crippen molar-refractivity contribution >= 4 is 15.8 Å². The summed E-state index contributed by atoms with van der Waals surface area (Å²) in [6.07, 6.45) is 6.69. The highest BCUT2D eigenvalue weighted by Gasteiger charge is 2.49. The molecule has 1 saturated heterocycles. The minimum absolute atomic E-state index is 0.125. The van der Waals surface area contributed by atoms with Gasteiger partial charge in [-0.3, -0.25) is 0 Å². The summed E-state index contributed by atoms with van der Waals surface area (Å²) in [6, 6.07) is 5.27. The third kappa shape index (κ3) is 2.80. The Bertz CT molecular complexity index is 848. The Hall–Kier alpha value is -1.93. The van der Waals surface area contributed by atoms with Gasteiger partial charge >= 0.3 is 0 Å². The van der Waals surface area contributed by atoms with Crippen LogP contribution in [0.2, 0.25) is 0 Å². The number of pyridine rings is 1. The molecule has 0 radical (unpaired) electrons. The summed E-state index contributed by atoms with van der Waals surface area (Å²) in [4.78, 5) is 8.56. The third-order valence-electron chi connectivity index (χ3n) is 4.85. The highest BCUT2D eigenvalue weighted by Crippen LogP contribution is 2.45. The maximum absolute atomic E-state index is 12.9. The van der Waals surface area contributed by atoms with Gasteiger partial charge in [-0.05, 0) is 37.3 Å². The van der Waals surface area contributed by atoms with E-state index in [1.807, 2.05) is 17.8 Å². The lowest BCUT2D eigenvalue weighted by Crippen LogP contribution is -2.37. The van der Waals surface area contributed by atoms with Crippen molar-refractivity contribution < 1.29 is 8.42 Å². The van der Waals surface area contributed by atoms with E-state index in [1.54, 1.807) is 28.7 Å². The lowest BCUT2D eigenvalue weighted by Gasteiger charge is -2.25. The average molecular weight is 347 g/mol. The normalized spacial score (nSPS) is 23.7. The van der Waals surface area contributed by atoms with Gasteiger partial charge in [-0.25, -0.2) is 18.4 Å². The molecule has 7 nitrogen and oxygen atoms in total. The van der Waals surface area contributed by atoms with Crippen molar-refractivity contribution in [3.8, 4) is 0 Å². The molecule has 3 heterocycles. The Kier molecular flexibility index (Phi) is 3.80. The molecule has 24 heavy (non-hydrogen) atoms. The predicted octanol–water partition coefficient (Wildman–Crippen LogP) is 1.60. The molecule has 2 atom stereocenters. The second kappa shape index (κ2) is 5.86. The fraction of sp³-hybridized carbons (Fsp3) is 0.500. The predicted molar refractivity (Wildman–Crippen MR) is 89.8 cm³/mol. The number of aryl methyl sites for hydroxylation is 1. The number of nitrogens with zero attached hydrogens (tertiary/aromatic N) is 4. The van der Waals surface area contributed by atoms with E-state index in [0.29, 0.717) is 24.8 Å². The summed E-state index contributed by atoms with van der Waals surface area (Å²) in [5, 5.41) is 3.27. The van der Waals surface area contributed by atoms with Crippen molar-refractivity contribution in [2.75, 3.05) is 11.9 Å². The van der Waals surface area contributed by atoms with Crippen LogP contribution in [-0.2, 0) is 23.6 Å². The van der Waals surface area contributed by atoms with Crippen LogP contribution >= 0.6 is 0 Å². The molecule has 1 aliphatic heterocycles. The first-order chi connectivity index (χ1) is 11.6. The van der Waals surface area contributed by atoms with E-state index in [2.05, 4.69) is 15.3 Å². The van der Waals surface area contributed by atoms with Crippen molar-refractivity contribution in [2.45, 2.75) is 36.9 Å². The van der Waals surface area contributed by atoms with Crippen molar-refractivity contribution in [3.63, 3.8) is 0 Å². The van der Waals surface area contributed by atoms with Crippen LogP contribution in [0.15, 0.2) is 35.6 Å². The van der Waals surface area contributed by atoms with E-state index in [9.17, 15) is 8.42 Å². The van der Waals surface area contributed by atoms with Gasteiger partial charge in [-0.1, -0.05) is 6.07 Å². The van der Waals surface area contributed by atoms with Gasteiger partial charge in [0.15, 0.2) is 5.03 Å². The Labute approximate surface area is 141 Å². The standard InChI is InChI=1S/C16H21N5O2S/c1-20-9-7-17-15(20)11-18-14-5-2-6-16(19-14)24(22,23)21-8-3-4-12-10-13(12)21/h2,5-7,9,12-13H,3-4,8,10-11H2,1H3,(H,18,19). The molecule has 2 aromatic heterocycles. The molecule has 1 N–H and O–H groups in total. The third-order valence-corrected chi connectivity index (χ3v) is 6.68. The average Bonchev–Trinajstić information content (AvgIpc) is 3.27. The summed E-state index contributed by atoms with van der Waals surface area (Å²) in [6.45, 7) is 1.10. The quantitative estimate of drug-likeness (QED) is 0.889. The summed E-state index contributed by atoms with van der Waals surface area (Å²) in [7, 11) is -1.59. The van der Waals surface area contributed by atoms with Gasteiger partial charge in [0.25, 0.3) is 10.0 Å². The van der Waals surface area contributed by atoms with Crippen LogP contribution in [0.1, 0.15) is 25.1 Å². The minimum atomic E-state index is -3.51. The van der Waals surface area contributed by atoms with Gasteiger partial charge in [0.1, 0.15) is 11.6 Å². The molecule has 128 valence electrons. The summed E-state index contributed by atoms with van der Waals surface area (Å²) in [5.74, 6) is 1.96. The zero-order valence-electron chi connectivity index (χ0n) is 13.6. The number of sulfonamides is 1. The van der Waals surface area contributed by atoms with Gasteiger partial charge < -0.3 is 9.88 Å². The van der Waals surface area contributed by atoms with Gasteiger partial charge in [0.05, 0.1) is 6.54 Å². The highest BCUT2D eigenvalue weighted by molar-refractivity contribution is 7.89. The first-order valence-electron chi connectivity index (χ1n) is 8.25. The molecule has 1 saturated carbocycles.